The summed E-state index contributed by atoms with van der Waals surface area (Å²) in [5.74, 6) is 0.771. The predicted octanol–water partition coefficient (Wildman–Crippen LogP) is 3.15. The van der Waals surface area contributed by atoms with E-state index in [4.69, 9.17) is 13.9 Å². The highest BCUT2D eigenvalue weighted by Gasteiger charge is 2.21. The molecule has 1 aliphatic rings. The second kappa shape index (κ2) is 9.88. The molecule has 1 N–H and O–H groups in total. The SMILES string of the molecule is Cc1cccc(CN(C[C@@H](O)COCc2ccco2)C[C@@H]2CCCO2)c1. The van der Waals surface area contributed by atoms with Crippen LogP contribution in [0.3, 0.4) is 0 Å². The topological polar surface area (TPSA) is 55.1 Å². The van der Waals surface area contributed by atoms with E-state index in [9.17, 15) is 5.11 Å². The van der Waals surface area contributed by atoms with Gasteiger partial charge in [0.15, 0.2) is 0 Å². The fourth-order valence-corrected chi connectivity index (χ4v) is 3.39. The van der Waals surface area contributed by atoms with Crippen LogP contribution in [0.2, 0.25) is 0 Å². The summed E-state index contributed by atoms with van der Waals surface area (Å²) in [4.78, 5) is 2.27. The molecule has 1 aliphatic heterocycles. The second-order valence-electron chi connectivity index (χ2n) is 7.07. The van der Waals surface area contributed by atoms with E-state index in [1.807, 2.05) is 12.1 Å². The summed E-state index contributed by atoms with van der Waals surface area (Å²) >= 11 is 0. The Hall–Kier alpha value is -1.66. The quantitative estimate of drug-likeness (QED) is 0.706. The molecule has 5 heteroatoms. The van der Waals surface area contributed by atoms with Gasteiger partial charge in [0.05, 0.1) is 25.1 Å². The molecule has 1 aromatic carbocycles. The number of rotatable bonds is 10. The fraction of sp³-hybridized carbons (Fsp3) is 0.524. The summed E-state index contributed by atoms with van der Waals surface area (Å²) in [5.41, 5.74) is 2.51. The Morgan fingerprint density at radius 2 is 2.23 bits per heavy atom. The molecule has 0 unspecified atom stereocenters. The Balaban J connectivity index is 1.51. The Morgan fingerprint density at radius 3 is 2.96 bits per heavy atom. The molecule has 0 amide bonds. The predicted molar refractivity (Wildman–Crippen MR) is 99.8 cm³/mol. The van der Waals surface area contributed by atoms with Crippen molar-refractivity contribution in [2.75, 3.05) is 26.3 Å². The molecule has 26 heavy (non-hydrogen) atoms. The number of ether oxygens (including phenoxy) is 2. The first-order valence-electron chi connectivity index (χ1n) is 9.37. The minimum atomic E-state index is -0.545. The van der Waals surface area contributed by atoms with Crippen LogP contribution in [-0.4, -0.2) is 48.5 Å². The van der Waals surface area contributed by atoms with Gasteiger partial charge in [0.2, 0.25) is 0 Å². The minimum absolute atomic E-state index is 0.260. The smallest absolute Gasteiger partial charge is 0.129 e. The zero-order valence-electron chi connectivity index (χ0n) is 15.5. The number of aliphatic hydroxyl groups is 1. The lowest BCUT2D eigenvalue weighted by Gasteiger charge is -2.27. The van der Waals surface area contributed by atoms with Crippen molar-refractivity contribution in [2.45, 2.75) is 45.1 Å². The van der Waals surface area contributed by atoms with E-state index in [0.29, 0.717) is 13.2 Å². The summed E-state index contributed by atoms with van der Waals surface area (Å²) in [7, 11) is 0. The number of aryl methyl sites for hydroxylation is 1. The largest absolute Gasteiger partial charge is 0.467 e. The van der Waals surface area contributed by atoms with Crippen LogP contribution in [0.15, 0.2) is 47.1 Å². The van der Waals surface area contributed by atoms with Crippen LogP contribution >= 0.6 is 0 Å². The summed E-state index contributed by atoms with van der Waals surface area (Å²) < 4.78 is 16.6. The molecule has 3 rings (SSSR count). The van der Waals surface area contributed by atoms with Crippen LogP contribution < -0.4 is 0 Å². The normalized spacial score (nSPS) is 18.5. The average Bonchev–Trinajstić information content (AvgIpc) is 3.28. The highest BCUT2D eigenvalue weighted by molar-refractivity contribution is 5.22. The maximum Gasteiger partial charge on any atom is 0.129 e. The Bertz CT molecular complexity index is 637. The maximum absolute atomic E-state index is 10.4. The van der Waals surface area contributed by atoms with E-state index < -0.39 is 6.10 Å². The first-order chi connectivity index (χ1) is 12.7. The third-order valence-corrected chi connectivity index (χ3v) is 4.58. The van der Waals surface area contributed by atoms with Gasteiger partial charge in [0.1, 0.15) is 12.4 Å². The van der Waals surface area contributed by atoms with Crippen LogP contribution in [0.1, 0.15) is 29.7 Å². The van der Waals surface area contributed by atoms with E-state index in [0.717, 1.165) is 38.3 Å². The fourth-order valence-electron chi connectivity index (χ4n) is 3.39. The monoisotopic (exact) mass is 359 g/mol. The lowest BCUT2D eigenvalue weighted by molar-refractivity contribution is -0.00635. The van der Waals surface area contributed by atoms with Gasteiger partial charge in [-0.05, 0) is 37.5 Å². The van der Waals surface area contributed by atoms with Crippen molar-refractivity contribution in [3.8, 4) is 0 Å². The summed E-state index contributed by atoms with van der Waals surface area (Å²) in [6, 6.07) is 12.2. The van der Waals surface area contributed by atoms with Crippen molar-refractivity contribution < 1.29 is 19.0 Å². The third kappa shape index (κ3) is 6.25. The minimum Gasteiger partial charge on any atom is -0.467 e. The van der Waals surface area contributed by atoms with E-state index in [2.05, 4.69) is 36.1 Å². The number of aliphatic hydroxyl groups excluding tert-OH is 1. The molecule has 1 fully saturated rings. The highest BCUT2D eigenvalue weighted by atomic mass is 16.5. The molecule has 0 aliphatic carbocycles. The van der Waals surface area contributed by atoms with Gasteiger partial charge in [0, 0.05) is 26.2 Å². The van der Waals surface area contributed by atoms with Gasteiger partial charge < -0.3 is 19.0 Å². The molecule has 0 saturated carbocycles. The van der Waals surface area contributed by atoms with Gasteiger partial charge >= 0.3 is 0 Å². The molecule has 2 heterocycles. The number of furan rings is 1. The highest BCUT2D eigenvalue weighted by Crippen LogP contribution is 2.16. The van der Waals surface area contributed by atoms with Crippen LogP contribution in [0.4, 0.5) is 0 Å². The van der Waals surface area contributed by atoms with Crippen molar-refractivity contribution >= 4 is 0 Å². The van der Waals surface area contributed by atoms with Crippen LogP contribution in [0.5, 0.6) is 0 Å². The lowest BCUT2D eigenvalue weighted by Crippen LogP contribution is -2.39. The Morgan fingerprint density at radius 1 is 1.31 bits per heavy atom. The molecule has 0 spiro atoms. The van der Waals surface area contributed by atoms with E-state index >= 15 is 0 Å². The van der Waals surface area contributed by atoms with Crippen molar-refractivity contribution in [3.05, 3.63) is 59.5 Å². The van der Waals surface area contributed by atoms with Crippen LogP contribution in [-0.2, 0) is 22.6 Å². The van der Waals surface area contributed by atoms with Gasteiger partial charge in [-0.2, -0.15) is 0 Å². The number of nitrogens with zero attached hydrogens (tertiary/aromatic N) is 1. The molecule has 0 bridgehead atoms. The van der Waals surface area contributed by atoms with E-state index in [-0.39, 0.29) is 12.7 Å². The van der Waals surface area contributed by atoms with Gasteiger partial charge in [-0.3, -0.25) is 4.90 Å². The molecule has 1 aromatic heterocycles. The molecule has 2 aromatic rings. The van der Waals surface area contributed by atoms with Crippen molar-refractivity contribution in [2.24, 2.45) is 0 Å². The summed E-state index contributed by atoms with van der Waals surface area (Å²) in [5, 5.41) is 10.4. The molecule has 142 valence electrons. The zero-order valence-corrected chi connectivity index (χ0v) is 15.5. The first-order valence-corrected chi connectivity index (χ1v) is 9.37. The van der Waals surface area contributed by atoms with Crippen molar-refractivity contribution in [1.82, 2.24) is 4.90 Å². The van der Waals surface area contributed by atoms with E-state index in [1.165, 1.54) is 11.1 Å². The number of hydrogen-bond donors (Lipinski definition) is 1. The maximum atomic E-state index is 10.4. The average molecular weight is 359 g/mol. The van der Waals surface area contributed by atoms with E-state index in [1.54, 1.807) is 6.26 Å². The second-order valence-corrected chi connectivity index (χ2v) is 7.07. The number of benzene rings is 1. The molecular formula is C21H29NO4. The third-order valence-electron chi connectivity index (χ3n) is 4.58. The molecule has 5 nitrogen and oxygen atoms in total. The molecular weight excluding hydrogens is 330 g/mol. The standard InChI is InChI=1S/C21H29NO4/c1-17-5-2-6-18(11-17)12-22(14-20-7-3-9-25-20)13-19(23)15-24-16-21-8-4-10-26-21/h2,4-6,8,10-11,19-20,23H,3,7,9,12-16H2,1H3/t19-,20+/m1/s1. The summed E-state index contributed by atoms with van der Waals surface area (Å²) in [6.45, 7) is 5.82. The summed E-state index contributed by atoms with van der Waals surface area (Å²) in [6.07, 6.45) is 3.56. The molecule has 0 radical (unpaired) electrons. The Labute approximate surface area is 155 Å². The first kappa shape index (κ1) is 19.1. The van der Waals surface area contributed by atoms with Gasteiger partial charge in [-0.25, -0.2) is 0 Å². The molecule has 1 saturated heterocycles. The van der Waals surface area contributed by atoms with Crippen LogP contribution in [0, 0.1) is 6.92 Å². The van der Waals surface area contributed by atoms with Crippen molar-refractivity contribution in [3.63, 3.8) is 0 Å². The Kier molecular flexibility index (Phi) is 7.26. The van der Waals surface area contributed by atoms with Gasteiger partial charge in [-0.15, -0.1) is 0 Å². The van der Waals surface area contributed by atoms with Gasteiger partial charge in [-0.1, -0.05) is 29.8 Å². The number of hydrogen-bond acceptors (Lipinski definition) is 5. The molecule has 2 atom stereocenters. The van der Waals surface area contributed by atoms with Gasteiger partial charge in [0.25, 0.3) is 0 Å². The van der Waals surface area contributed by atoms with Crippen LogP contribution in [0.25, 0.3) is 0 Å². The van der Waals surface area contributed by atoms with Crippen molar-refractivity contribution in [1.29, 1.82) is 0 Å². The lowest BCUT2D eigenvalue weighted by atomic mass is 10.1. The zero-order chi connectivity index (χ0) is 18.2.